The maximum atomic E-state index is 12.1. The third-order valence-corrected chi connectivity index (χ3v) is 4.54. The number of ether oxygens (including phenoxy) is 1. The largest absolute Gasteiger partial charge is 0.454 e. The fourth-order valence-corrected chi connectivity index (χ4v) is 3.12. The lowest BCUT2D eigenvalue weighted by Crippen LogP contribution is -2.13. The number of hydrogen-bond donors (Lipinski definition) is 0. The molecule has 0 saturated carbocycles. The van der Waals surface area contributed by atoms with Crippen molar-refractivity contribution in [3.8, 4) is 5.69 Å². The Kier molecular flexibility index (Phi) is 4.58. The van der Waals surface area contributed by atoms with Crippen LogP contribution in [0.5, 0.6) is 0 Å². The maximum Gasteiger partial charge on any atom is 0.338 e. The molecule has 9 heteroatoms. The molecule has 0 saturated heterocycles. The van der Waals surface area contributed by atoms with Crippen molar-refractivity contribution in [1.29, 1.82) is 0 Å². The minimum absolute atomic E-state index is 0.245. The summed E-state index contributed by atoms with van der Waals surface area (Å²) in [6, 6.07) is 10.1. The van der Waals surface area contributed by atoms with Gasteiger partial charge in [-0.3, -0.25) is 4.79 Å². The van der Waals surface area contributed by atoms with Crippen LogP contribution in [0.25, 0.3) is 5.69 Å². The normalized spacial score (nSPS) is 10.5. The van der Waals surface area contributed by atoms with E-state index >= 15 is 0 Å². The van der Waals surface area contributed by atoms with Gasteiger partial charge in [0.2, 0.25) is 5.78 Å². The van der Waals surface area contributed by atoms with Crippen LogP contribution in [0.4, 0.5) is 0 Å². The summed E-state index contributed by atoms with van der Waals surface area (Å²) in [4.78, 5) is 24.5. The molecule has 23 heavy (non-hydrogen) atoms. The molecule has 0 radical (unpaired) electrons. The number of aromatic nitrogens is 4. The predicted molar refractivity (Wildman–Crippen MR) is 85.8 cm³/mol. The number of nitrogens with zero attached hydrogens (tertiary/aromatic N) is 4. The molecule has 0 aliphatic rings. The van der Waals surface area contributed by atoms with Crippen molar-refractivity contribution in [2.45, 2.75) is 0 Å². The first-order valence-corrected chi connectivity index (χ1v) is 8.03. The molecule has 2 heterocycles. The van der Waals surface area contributed by atoms with E-state index in [0.29, 0.717) is 16.1 Å². The molecule has 0 aliphatic heterocycles. The molecule has 2 aromatic heterocycles. The Morgan fingerprint density at radius 3 is 2.83 bits per heavy atom. The number of benzene rings is 1. The minimum Gasteiger partial charge on any atom is -0.454 e. The average Bonchev–Trinajstić information content (AvgIpc) is 3.24. The lowest BCUT2D eigenvalue weighted by atomic mass is 10.2. The molecule has 3 aromatic rings. The molecule has 0 aliphatic carbocycles. The molecule has 0 N–H and O–H groups in total. The number of rotatable bonds is 5. The third kappa shape index (κ3) is 3.69. The molecule has 0 fully saturated rings. The zero-order valence-corrected chi connectivity index (χ0v) is 14.0. The van der Waals surface area contributed by atoms with E-state index in [1.807, 2.05) is 0 Å². The van der Waals surface area contributed by atoms with Gasteiger partial charge in [-0.05, 0) is 56.7 Å². The summed E-state index contributed by atoms with van der Waals surface area (Å²) in [6.45, 7) is -0.305. The van der Waals surface area contributed by atoms with E-state index in [1.165, 1.54) is 22.3 Å². The maximum absolute atomic E-state index is 12.1. The van der Waals surface area contributed by atoms with Gasteiger partial charge in [-0.1, -0.05) is 6.07 Å². The molecule has 0 spiro atoms. The Bertz CT molecular complexity index is 847. The first kappa shape index (κ1) is 15.5. The first-order chi connectivity index (χ1) is 11.1. The van der Waals surface area contributed by atoms with Crippen molar-refractivity contribution in [3.63, 3.8) is 0 Å². The third-order valence-electron chi connectivity index (χ3n) is 2.88. The topological polar surface area (TPSA) is 87.0 Å². The monoisotopic (exact) mass is 392 g/mol. The molecule has 7 nitrogen and oxygen atoms in total. The number of carbonyl (C=O) groups is 2. The van der Waals surface area contributed by atoms with Gasteiger partial charge < -0.3 is 4.74 Å². The van der Waals surface area contributed by atoms with E-state index in [2.05, 4.69) is 31.5 Å². The van der Waals surface area contributed by atoms with Gasteiger partial charge in [0.25, 0.3) is 0 Å². The number of esters is 1. The highest BCUT2D eigenvalue weighted by Crippen LogP contribution is 2.22. The highest BCUT2D eigenvalue weighted by Gasteiger charge is 2.14. The van der Waals surface area contributed by atoms with E-state index in [0.717, 1.165) is 3.79 Å². The van der Waals surface area contributed by atoms with Crippen LogP contribution in [0.1, 0.15) is 20.0 Å². The number of thiophene rings is 1. The van der Waals surface area contributed by atoms with Crippen molar-refractivity contribution < 1.29 is 14.3 Å². The van der Waals surface area contributed by atoms with Gasteiger partial charge in [-0.25, -0.2) is 9.48 Å². The van der Waals surface area contributed by atoms with Crippen LogP contribution in [-0.2, 0) is 4.74 Å². The second-order valence-corrected chi connectivity index (χ2v) is 6.87. The van der Waals surface area contributed by atoms with E-state index in [1.54, 1.807) is 36.4 Å². The van der Waals surface area contributed by atoms with Crippen molar-refractivity contribution in [2.24, 2.45) is 0 Å². The van der Waals surface area contributed by atoms with Crippen LogP contribution in [0.15, 0.2) is 46.5 Å². The number of tetrazole rings is 1. The van der Waals surface area contributed by atoms with Crippen molar-refractivity contribution in [3.05, 3.63) is 57.0 Å². The number of carbonyl (C=O) groups excluding carboxylic acids is 2. The Hall–Kier alpha value is -2.39. The molecule has 0 amide bonds. The highest BCUT2D eigenvalue weighted by molar-refractivity contribution is 9.11. The summed E-state index contributed by atoms with van der Waals surface area (Å²) < 4.78 is 7.34. The molecular weight excluding hydrogens is 384 g/mol. The zero-order chi connectivity index (χ0) is 16.2. The molecule has 0 unspecified atom stereocenters. The summed E-state index contributed by atoms with van der Waals surface area (Å²) in [7, 11) is 0. The minimum atomic E-state index is -0.580. The van der Waals surface area contributed by atoms with E-state index in [-0.39, 0.29) is 12.4 Å². The lowest BCUT2D eigenvalue weighted by Gasteiger charge is -2.05. The van der Waals surface area contributed by atoms with Crippen LogP contribution >= 0.6 is 27.3 Å². The van der Waals surface area contributed by atoms with Crippen LogP contribution in [0.3, 0.4) is 0 Å². The van der Waals surface area contributed by atoms with Gasteiger partial charge in [0.05, 0.1) is 19.9 Å². The van der Waals surface area contributed by atoms with E-state index in [4.69, 9.17) is 4.74 Å². The Balaban J connectivity index is 1.67. The van der Waals surface area contributed by atoms with Crippen LogP contribution in [0, 0.1) is 0 Å². The molecule has 116 valence electrons. The molecule has 1 aromatic carbocycles. The molecule has 0 atom stereocenters. The SMILES string of the molecule is O=C(OCC(=O)c1ccc(Br)s1)c1cccc(-n2cnnn2)c1. The number of ketones is 1. The fraction of sp³-hybridized carbons (Fsp3) is 0.0714. The summed E-state index contributed by atoms with van der Waals surface area (Å²) in [6.07, 6.45) is 1.42. The summed E-state index contributed by atoms with van der Waals surface area (Å²) in [5.74, 6) is -0.824. The van der Waals surface area contributed by atoms with Gasteiger partial charge >= 0.3 is 5.97 Å². The summed E-state index contributed by atoms with van der Waals surface area (Å²) in [5, 5.41) is 10.8. The van der Waals surface area contributed by atoms with Gasteiger partial charge in [-0.15, -0.1) is 16.4 Å². The molecular formula is C14H9BrN4O3S. The van der Waals surface area contributed by atoms with Gasteiger partial charge in [0.1, 0.15) is 6.33 Å². The quantitative estimate of drug-likeness (QED) is 0.489. The second kappa shape index (κ2) is 6.80. The van der Waals surface area contributed by atoms with Crippen molar-refractivity contribution in [2.75, 3.05) is 6.61 Å². The van der Waals surface area contributed by atoms with Crippen molar-refractivity contribution in [1.82, 2.24) is 20.2 Å². The molecule has 0 bridgehead atoms. The Morgan fingerprint density at radius 2 is 2.13 bits per heavy atom. The highest BCUT2D eigenvalue weighted by atomic mass is 79.9. The molecule has 3 rings (SSSR count). The zero-order valence-electron chi connectivity index (χ0n) is 11.5. The predicted octanol–water partition coefficient (Wildman–Crippen LogP) is 2.53. The van der Waals surface area contributed by atoms with Gasteiger partial charge in [0, 0.05) is 0 Å². The smallest absolute Gasteiger partial charge is 0.338 e. The summed E-state index contributed by atoms with van der Waals surface area (Å²) >= 11 is 4.58. The van der Waals surface area contributed by atoms with E-state index < -0.39 is 5.97 Å². The van der Waals surface area contributed by atoms with Crippen LogP contribution in [0.2, 0.25) is 0 Å². The van der Waals surface area contributed by atoms with Crippen molar-refractivity contribution >= 4 is 39.0 Å². The summed E-state index contributed by atoms with van der Waals surface area (Å²) in [5.41, 5.74) is 0.941. The fourth-order valence-electron chi connectivity index (χ4n) is 1.80. The first-order valence-electron chi connectivity index (χ1n) is 6.42. The van der Waals surface area contributed by atoms with Crippen LogP contribution < -0.4 is 0 Å². The standard InChI is InChI=1S/C14H9BrN4O3S/c15-13-5-4-12(23-13)11(20)7-22-14(21)9-2-1-3-10(6-9)19-8-16-17-18-19/h1-6,8H,7H2. The van der Waals surface area contributed by atoms with Crippen LogP contribution in [-0.4, -0.2) is 38.6 Å². The number of Topliss-reactive ketones (excluding diaryl/α,β-unsaturated/α-hetero) is 1. The Labute approximate surface area is 143 Å². The van der Waals surface area contributed by atoms with E-state index in [9.17, 15) is 9.59 Å². The Morgan fingerprint density at radius 1 is 1.26 bits per heavy atom. The van der Waals surface area contributed by atoms with Gasteiger partial charge in [0.15, 0.2) is 6.61 Å². The average molecular weight is 393 g/mol. The number of halogens is 1. The number of hydrogen-bond acceptors (Lipinski definition) is 7. The lowest BCUT2D eigenvalue weighted by molar-refractivity contribution is 0.0476. The second-order valence-electron chi connectivity index (χ2n) is 4.41. The van der Waals surface area contributed by atoms with Gasteiger partial charge in [-0.2, -0.15) is 0 Å².